The van der Waals surface area contributed by atoms with E-state index in [1.165, 1.54) is 9.42 Å². The van der Waals surface area contributed by atoms with Crippen LogP contribution in [0, 0.1) is 6.92 Å². The van der Waals surface area contributed by atoms with Crippen molar-refractivity contribution < 1.29 is 14.3 Å². The van der Waals surface area contributed by atoms with Crippen molar-refractivity contribution in [2.24, 2.45) is 0 Å². The Morgan fingerprint density at radius 3 is 2.58 bits per heavy atom. The molecule has 0 unspecified atom stereocenters. The van der Waals surface area contributed by atoms with Gasteiger partial charge < -0.3 is 10.1 Å². The van der Waals surface area contributed by atoms with E-state index in [0.29, 0.717) is 34.3 Å². The molecule has 10 heteroatoms. The Bertz CT molecular complexity index is 1880. The van der Waals surface area contributed by atoms with Crippen LogP contribution in [-0.4, -0.2) is 39.6 Å². The van der Waals surface area contributed by atoms with E-state index >= 15 is 0 Å². The van der Waals surface area contributed by atoms with Crippen LogP contribution in [-0.2, 0) is 9.59 Å². The zero-order valence-corrected chi connectivity index (χ0v) is 22.7. The number of para-hydroxylation sites is 1. The van der Waals surface area contributed by atoms with E-state index < -0.39 is 11.5 Å². The number of aromatic nitrogens is 3. The van der Waals surface area contributed by atoms with Crippen LogP contribution in [0.4, 0.5) is 11.4 Å². The fourth-order valence-corrected chi connectivity index (χ4v) is 5.65. The average molecular weight is 552 g/mol. The second-order valence-corrected chi connectivity index (χ2v) is 10.4. The van der Waals surface area contributed by atoms with Gasteiger partial charge in [0.15, 0.2) is 5.82 Å². The maximum atomic E-state index is 13.7. The minimum Gasteiger partial charge on any atom is -0.494 e. The third-order valence-corrected chi connectivity index (χ3v) is 7.53. The second-order valence-electron chi connectivity index (χ2n) is 9.44. The van der Waals surface area contributed by atoms with Crippen molar-refractivity contribution in [1.29, 1.82) is 0 Å². The number of carbonyl (C=O) groups is 2. The standard InChI is InChI=1S/C30H25N5O4S/c1-3-15-39-21-13-11-19(12-14-21)27-32-30-35(33-27)29(38)26(40-30)25-22-9-4-5-10-23(22)34(28(25)37)17-24(36)31-20-8-6-7-18(2)16-20/h4-14,16H,3,15,17H2,1-2H3,(H,31,36). The predicted molar refractivity (Wildman–Crippen MR) is 155 cm³/mol. The van der Waals surface area contributed by atoms with Crippen LogP contribution >= 0.6 is 11.3 Å². The summed E-state index contributed by atoms with van der Waals surface area (Å²) in [6.07, 6.45) is 0.916. The van der Waals surface area contributed by atoms with Gasteiger partial charge >= 0.3 is 0 Å². The van der Waals surface area contributed by atoms with Crippen molar-refractivity contribution in [3.8, 4) is 17.1 Å². The molecule has 1 aliphatic rings. The third-order valence-electron chi connectivity index (χ3n) is 6.50. The van der Waals surface area contributed by atoms with Crippen LogP contribution in [0.25, 0.3) is 21.9 Å². The van der Waals surface area contributed by atoms with E-state index in [1.54, 1.807) is 30.3 Å². The minimum atomic E-state index is -0.425. The molecule has 40 heavy (non-hydrogen) atoms. The molecule has 9 nitrogen and oxygen atoms in total. The first kappa shape index (κ1) is 25.4. The number of rotatable bonds is 7. The van der Waals surface area contributed by atoms with Crippen molar-refractivity contribution in [3.05, 3.63) is 98.8 Å². The molecule has 0 fully saturated rings. The lowest BCUT2D eigenvalue weighted by Crippen LogP contribution is -2.37. The van der Waals surface area contributed by atoms with Gasteiger partial charge in [0.05, 0.1) is 17.9 Å². The maximum absolute atomic E-state index is 13.7. The van der Waals surface area contributed by atoms with Crippen LogP contribution in [0.2, 0.25) is 0 Å². The number of amides is 2. The molecule has 0 aliphatic carbocycles. The summed E-state index contributed by atoms with van der Waals surface area (Å²) in [5.41, 5.74) is 3.41. The molecule has 2 amide bonds. The molecular weight excluding hydrogens is 526 g/mol. The van der Waals surface area contributed by atoms with E-state index in [2.05, 4.69) is 15.4 Å². The Morgan fingerprint density at radius 1 is 1.02 bits per heavy atom. The van der Waals surface area contributed by atoms with Gasteiger partial charge in [-0.15, -0.1) is 5.10 Å². The number of carbonyl (C=O) groups excluding carboxylic acids is 2. The number of aryl methyl sites for hydroxylation is 1. The largest absolute Gasteiger partial charge is 0.494 e. The summed E-state index contributed by atoms with van der Waals surface area (Å²) in [6, 6.07) is 22.0. The first-order chi connectivity index (χ1) is 19.4. The number of fused-ring (bicyclic) bond motifs is 2. The first-order valence-corrected chi connectivity index (χ1v) is 13.7. The number of nitrogens with one attached hydrogen (secondary N) is 1. The monoisotopic (exact) mass is 551 g/mol. The number of benzene rings is 3. The molecule has 0 spiro atoms. The Labute approximate surface area is 233 Å². The fourth-order valence-electron chi connectivity index (χ4n) is 4.65. The van der Waals surface area contributed by atoms with Gasteiger partial charge in [0.2, 0.25) is 10.9 Å². The van der Waals surface area contributed by atoms with Gasteiger partial charge in [0, 0.05) is 16.8 Å². The van der Waals surface area contributed by atoms with Crippen LogP contribution < -0.4 is 25.0 Å². The molecule has 2 aromatic heterocycles. The highest BCUT2D eigenvalue weighted by molar-refractivity contribution is 7.15. The average Bonchev–Trinajstić information content (AvgIpc) is 3.58. The van der Waals surface area contributed by atoms with Crippen molar-refractivity contribution in [2.45, 2.75) is 20.3 Å². The Kier molecular flexibility index (Phi) is 6.61. The topological polar surface area (TPSA) is 106 Å². The van der Waals surface area contributed by atoms with Crippen LogP contribution in [0.1, 0.15) is 24.5 Å². The third kappa shape index (κ3) is 4.62. The number of hydrogen-bond acceptors (Lipinski definition) is 7. The van der Waals surface area contributed by atoms with Gasteiger partial charge in [-0.05, 0) is 61.4 Å². The van der Waals surface area contributed by atoms with Gasteiger partial charge in [-0.2, -0.15) is 9.50 Å². The lowest BCUT2D eigenvalue weighted by atomic mass is 10.1. The van der Waals surface area contributed by atoms with E-state index in [9.17, 15) is 14.4 Å². The van der Waals surface area contributed by atoms with Crippen LogP contribution in [0.15, 0.2) is 77.6 Å². The summed E-state index contributed by atoms with van der Waals surface area (Å²) in [5, 5.41) is 7.28. The van der Waals surface area contributed by atoms with E-state index in [1.807, 2.05) is 56.3 Å². The van der Waals surface area contributed by atoms with E-state index in [-0.39, 0.29) is 22.6 Å². The molecule has 0 saturated carbocycles. The van der Waals surface area contributed by atoms with Gasteiger partial charge in [0.1, 0.15) is 16.8 Å². The lowest BCUT2D eigenvalue weighted by molar-refractivity contribution is -0.118. The summed E-state index contributed by atoms with van der Waals surface area (Å²) in [5.74, 6) is 0.417. The summed E-state index contributed by atoms with van der Waals surface area (Å²) in [7, 11) is 0. The van der Waals surface area contributed by atoms with Crippen LogP contribution in [0.5, 0.6) is 5.75 Å². The summed E-state index contributed by atoms with van der Waals surface area (Å²) < 4.78 is 7.10. The highest BCUT2D eigenvalue weighted by atomic mass is 32.1. The minimum absolute atomic E-state index is 0.190. The smallest absolute Gasteiger partial charge is 0.291 e. The molecule has 6 rings (SSSR count). The Morgan fingerprint density at radius 2 is 1.82 bits per heavy atom. The van der Waals surface area contributed by atoms with E-state index in [4.69, 9.17) is 4.74 Å². The zero-order chi connectivity index (χ0) is 27.8. The summed E-state index contributed by atoms with van der Waals surface area (Å²) in [4.78, 5) is 46.4. The molecular formula is C30H25N5O4S. The maximum Gasteiger partial charge on any atom is 0.291 e. The van der Waals surface area contributed by atoms with Crippen molar-refractivity contribution in [2.75, 3.05) is 23.4 Å². The van der Waals surface area contributed by atoms with Gasteiger partial charge in [0.25, 0.3) is 11.5 Å². The fraction of sp³-hybridized carbons (Fsp3) is 0.167. The lowest BCUT2D eigenvalue weighted by Gasteiger charge is -2.16. The molecule has 200 valence electrons. The number of nitrogens with zero attached hydrogens (tertiary/aromatic N) is 4. The Hall–Kier alpha value is -4.83. The molecule has 0 bridgehead atoms. The van der Waals surface area contributed by atoms with Gasteiger partial charge in [-0.3, -0.25) is 19.3 Å². The zero-order valence-electron chi connectivity index (χ0n) is 21.9. The number of hydrogen-bond donors (Lipinski definition) is 1. The molecule has 5 aromatic rings. The predicted octanol–water partition coefficient (Wildman–Crippen LogP) is 3.82. The first-order valence-electron chi connectivity index (χ1n) is 12.9. The van der Waals surface area contributed by atoms with Gasteiger partial charge in [-0.25, -0.2) is 0 Å². The summed E-state index contributed by atoms with van der Waals surface area (Å²) >= 11 is 1.11. The molecule has 1 aliphatic heterocycles. The van der Waals surface area contributed by atoms with Gasteiger partial charge in [-0.1, -0.05) is 48.6 Å². The molecule has 3 heterocycles. The number of ether oxygens (including phenoxy) is 1. The SMILES string of the molecule is CCCOc1ccc(-c2nc3sc(=C4C(=O)N(CC(=O)Nc5cccc(C)c5)c5ccccc54)c(=O)n3n2)cc1. The quantitative estimate of drug-likeness (QED) is 0.330. The van der Waals surface area contributed by atoms with E-state index in [0.717, 1.165) is 34.6 Å². The molecule has 1 N–H and O–H groups in total. The number of thiazole rings is 1. The second kappa shape index (κ2) is 10.4. The van der Waals surface area contributed by atoms with Crippen molar-refractivity contribution in [3.63, 3.8) is 0 Å². The molecule has 0 radical (unpaired) electrons. The summed E-state index contributed by atoms with van der Waals surface area (Å²) in [6.45, 7) is 4.43. The molecule has 0 saturated heterocycles. The molecule has 0 atom stereocenters. The highest BCUT2D eigenvalue weighted by Gasteiger charge is 2.35. The highest BCUT2D eigenvalue weighted by Crippen LogP contribution is 2.35. The normalized spacial score (nSPS) is 14.1. The van der Waals surface area contributed by atoms with Crippen LogP contribution in [0.3, 0.4) is 0 Å². The van der Waals surface area contributed by atoms with Crippen molar-refractivity contribution >= 4 is 45.1 Å². The molecule has 3 aromatic carbocycles. The number of anilines is 2. The Balaban J connectivity index is 1.33. The van der Waals surface area contributed by atoms with Crippen molar-refractivity contribution in [1.82, 2.24) is 14.6 Å².